The van der Waals surface area contributed by atoms with Crippen molar-refractivity contribution in [3.05, 3.63) is 41.5 Å². The number of carbonyl (C=O) groups is 1. The molecule has 0 aliphatic carbocycles. The molecular formula is C19H19F4N5O3. The van der Waals surface area contributed by atoms with E-state index in [9.17, 15) is 22.4 Å². The van der Waals surface area contributed by atoms with Crippen LogP contribution < -0.4 is 0 Å². The van der Waals surface area contributed by atoms with Gasteiger partial charge in [-0.2, -0.15) is 18.3 Å². The van der Waals surface area contributed by atoms with Gasteiger partial charge < -0.3 is 14.1 Å². The highest BCUT2D eigenvalue weighted by Crippen LogP contribution is 2.34. The van der Waals surface area contributed by atoms with Crippen LogP contribution in [0, 0.1) is 5.82 Å². The largest absolute Gasteiger partial charge is 0.470 e. The highest BCUT2D eigenvalue weighted by molar-refractivity contribution is 5.84. The summed E-state index contributed by atoms with van der Waals surface area (Å²) in [4.78, 5) is 13.6. The molecule has 1 saturated heterocycles. The summed E-state index contributed by atoms with van der Waals surface area (Å²) in [5.41, 5.74) is 0.142. The number of hydrogen-bond donors (Lipinski definition) is 0. The number of alkyl halides is 3. The number of aromatic nitrogens is 4. The predicted octanol–water partition coefficient (Wildman–Crippen LogP) is 3.96. The zero-order valence-corrected chi connectivity index (χ0v) is 16.9. The molecule has 2 aromatic heterocycles. The van der Waals surface area contributed by atoms with Gasteiger partial charge in [0, 0.05) is 19.0 Å². The van der Waals surface area contributed by atoms with Crippen LogP contribution in [0.15, 0.2) is 22.6 Å². The van der Waals surface area contributed by atoms with Gasteiger partial charge in [-0.3, -0.25) is 4.68 Å². The van der Waals surface area contributed by atoms with E-state index in [0.29, 0.717) is 11.2 Å². The van der Waals surface area contributed by atoms with E-state index in [-0.39, 0.29) is 36.8 Å². The molecule has 0 bridgehead atoms. The number of carbonyl (C=O) groups excluding carboxylic acids is 1. The van der Waals surface area contributed by atoms with Crippen molar-refractivity contribution in [3.8, 4) is 0 Å². The lowest BCUT2D eigenvalue weighted by Crippen LogP contribution is -2.50. The number of benzene rings is 1. The van der Waals surface area contributed by atoms with Gasteiger partial charge in [-0.05, 0) is 32.9 Å². The quantitative estimate of drug-likeness (QED) is 0.572. The van der Waals surface area contributed by atoms with Crippen LogP contribution in [0.3, 0.4) is 0 Å². The Morgan fingerprint density at radius 2 is 1.94 bits per heavy atom. The van der Waals surface area contributed by atoms with E-state index in [1.165, 1.54) is 21.7 Å². The summed E-state index contributed by atoms with van der Waals surface area (Å²) in [6.07, 6.45) is -5.23. The number of hydrogen-bond acceptors (Lipinski definition) is 6. The maximum Gasteiger partial charge on any atom is 0.470 e. The van der Waals surface area contributed by atoms with Gasteiger partial charge in [0.15, 0.2) is 0 Å². The molecule has 0 unspecified atom stereocenters. The molecule has 1 aliphatic heterocycles. The molecule has 0 N–H and O–H groups in total. The van der Waals surface area contributed by atoms with Gasteiger partial charge in [-0.25, -0.2) is 9.18 Å². The van der Waals surface area contributed by atoms with Gasteiger partial charge >= 0.3 is 18.2 Å². The van der Waals surface area contributed by atoms with Crippen molar-refractivity contribution in [3.63, 3.8) is 0 Å². The van der Waals surface area contributed by atoms with E-state index in [2.05, 4.69) is 19.7 Å². The lowest BCUT2D eigenvalue weighted by molar-refractivity contribution is -0.157. The summed E-state index contributed by atoms with van der Waals surface area (Å²) in [5, 5.41) is 11.0. The first kappa shape index (κ1) is 21.1. The Bertz CT molecular complexity index is 1130. The maximum absolute atomic E-state index is 14.6. The molecule has 12 heteroatoms. The third kappa shape index (κ3) is 4.19. The van der Waals surface area contributed by atoms with E-state index in [1.54, 1.807) is 26.8 Å². The Morgan fingerprint density at radius 3 is 2.55 bits per heavy atom. The Labute approximate surface area is 173 Å². The molecule has 31 heavy (non-hydrogen) atoms. The monoisotopic (exact) mass is 441 g/mol. The van der Waals surface area contributed by atoms with Crippen LogP contribution in [-0.2, 0) is 17.5 Å². The minimum atomic E-state index is -4.76. The Hall–Kier alpha value is -3.18. The van der Waals surface area contributed by atoms with Crippen molar-refractivity contribution < 1.29 is 31.5 Å². The summed E-state index contributed by atoms with van der Waals surface area (Å²) in [7, 11) is 0. The van der Waals surface area contributed by atoms with E-state index in [4.69, 9.17) is 4.74 Å². The van der Waals surface area contributed by atoms with Crippen LogP contribution >= 0.6 is 0 Å². The summed E-state index contributed by atoms with van der Waals surface area (Å²) < 4.78 is 64.0. The van der Waals surface area contributed by atoms with Crippen LogP contribution in [0.4, 0.5) is 22.4 Å². The first-order valence-corrected chi connectivity index (χ1v) is 9.45. The van der Waals surface area contributed by atoms with E-state index in [0.717, 1.165) is 0 Å². The van der Waals surface area contributed by atoms with Gasteiger partial charge in [-0.1, -0.05) is 6.07 Å². The third-order valence-electron chi connectivity index (χ3n) is 4.67. The lowest BCUT2D eigenvalue weighted by atomic mass is 9.94. The maximum atomic E-state index is 14.6. The average Bonchev–Trinajstić information content (AvgIpc) is 3.19. The smallest absolute Gasteiger partial charge is 0.444 e. The first-order valence-electron chi connectivity index (χ1n) is 9.45. The molecule has 4 rings (SSSR count). The number of ether oxygens (including phenoxy) is 1. The van der Waals surface area contributed by atoms with Crippen LogP contribution in [0.5, 0.6) is 0 Å². The lowest BCUT2D eigenvalue weighted by Gasteiger charge is -2.39. The molecule has 166 valence electrons. The van der Waals surface area contributed by atoms with Crippen LogP contribution in [0.25, 0.3) is 10.9 Å². The van der Waals surface area contributed by atoms with Crippen molar-refractivity contribution in [2.45, 2.75) is 45.0 Å². The number of fused-ring (bicyclic) bond motifs is 1. The predicted molar refractivity (Wildman–Crippen MR) is 98.6 cm³/mol. The van der Waals surface area contributed by atoms with Crippen molar-refractivity contribution in [2.75, 3.05) is 13.1 Å². The van der Waals surface area contributed by atoms with Crippen molar-refractivity contribution in [1.29, 1.82) is 0 Å². The summed E-state index contributed by atoms with van der Waals surface area (Å²) in [6, 6.07) is 4.35. The second kappa shape index (κ2) is 7.20. The number of nitrogens with zero attached hydrogens (tertiary/aromatic N) is 5. The second-order valence-corrected chi connectivity index (χ2v) is 8.26. The fourth-order valence-electron chi connectivity index (χ4n) is 3.31. The van der Waals surface area contributed by atoms with Crippen LogP contribution in [0.1, 0.15) is 44.2 Å². The highest BCUT2D eigenvalue weighted by atomic mass is 19.4. The molecule has 0 spiro atoms. The number of rotatable bonds is 3. The van der Waals surface area contributed by atoms with Gasteiger partial charge in [-0.15, -0.1) is 10.2 Å². The summed E-state index contributed by atoms with van der Waals surface area (Å²) in [5.74, 6) is -2.54. The molecule has 1 amide bonds. The fraction of sp³-hybridized carbons (Fsp3) is 0.474. The average molecular weight is 441 g/mol. The molecule has 0 atom stereocenters. The fourth-order valence-corrected chi connectivity index (χ4v) is 3.31. The summed E-state index contributed by atoms with van der Waals surface area (Å²) >= 11 is 0. The Balaban J connectivity index is 1.58. The normalized spacial score (nSPS) is 15.4. The molecular weight excluding hydrogens is 422 g/mol. The molecule has 0 radical (unpaired) electrons. The van der Waals surface area contributed by atoms with Crippen molar-refractivity contribution in [1.82, 2.24) is 24.9 Å². The van der Waals surface area contributed by atoms with E-state index < -0.39 is 29.6 Å². The van der Waals surface area contributed by atoms with E-state index in [1.807, 2.05) is 0 Å². The Kier molecular flexibility index (Phi) is 4.90. The zero-order valence-electron chi connectivity index (χ0n) is 16.9. The Morgan fingerprint density at radius 1 is 1.23 bits per heavy atom. The van der Waals surface area contributed by atoms with Crippen molar-refractivity contribution >= 4 is 17.0 Å². The summed E-state index contributed by atoms with van der Waals surface area (Å²) in [6.45, 7) is 5.59. The van der Waals surface area contributed by atoms with Crippen LogP contribution in [0.2, 0.25) is 0 Å². The number of amides is 1. The molecule has 1 fully saturated rings. The van der Waals surface area contributed by atoms with Gasteiger partial charge in [0.2, 0.25) is 5.89 Å². The molecule has 0 saturated carbocycles. The molecule has 3 aromatic rings. The van der Waals surface area contributed by atoms with Gasteiger partial charge in [0.25, 0.3) is 0 Å². The first-order chi connectivity index (χ1) is 14.4. The van der Waals surface area contributed by atoms with Gasteiger partial charge in [0.05, 0.1) is 16.6 Å². The molecule has 1 aliphatic rings. The topological polar surface area (TPSA) is 86.3 Å². The molecule has 1 aromatic carbocycles. The minimum absolute atomic E-state index is 0.242. The van der Waals surface area contributed by atoms with Gasteiger partial charge in [0.1, 0.15) is 18.0 Å². The second-order valence-electron chi connectivity index (χ2n) is 8.26. The number of likely N-dealkylation sites (tertiary alicyclic amines) is 1. The minimum Gasteiger partial charge on any atom is -0.444 e. The standard InChI is InChI=1S/C19H19F4N5O3/c1-18(2,3)31-17(29)27-7-10(8-27)15-14-11(20)5-4-6-12(14)28(26-15)9-13-24-25-16(30-13)19(21,22)23/h4-6,10H,7-9H2,1-3H3. The van der Waals surface area contributed by atoms with Crippen LogP contribution in [-0.4, -0.2) is 49.7 Å². The van der Waals surface area contributed by atoms with Crippen molar-refractivity contribution in [2.24, 2.45) is 0 Å². The zero-order chi connectivity index (χ0) is 22.6. The van der Waals surface area contributed by atoms with E-state index >= 15 is 0 Å². The molecule has 8 nitrogen and oxygen atoms in total. The third-order valence-corrected chi connectivity index (χ3v) is 4.67. The number of halogens is 4. The highest BCUT2D eigenvalue weighted by Gasteiger charge is 2.39. The SMILES string of the molecule is CC(C)(C)OC(=O)N1CC(c2nn(Cc3nnc(C(F)(F)F)o3)c3cccc(F)c23)C1. The molecule has 3 heterocycles.